The fourth-order valence-electron chi connectivity index (χ4n) is 4.53. The number of anilines is 1. The first-order valence-corrected chi connectivity index (χ1v) is 10.2. The number of nitrogens with one attached hydrogen (secondary N) is 1. The monoisotopic (exact) mass is 427 g/mol. The molecule has 0 spiro atoms. The van der Waals surface area contributed by atoms with E-state index in [0.717, 1.165) is 18.6 Å². The highest BCUT2D eigenvalue weighted by atomic mass is 16.6. The maximum absolute atomic E-state index is 10.4. The van der Waals surface area contributed by atoms with Gasteiger partial charge in [-0.15, -0.1) is 0 Å². The van der Waals surface area contributed by atoms with Crippen molar-refractivity contribution in [1.29, 1.82) is 0 Å². The van der Waals surface area contributed by atoms with Crippen molar-refractivity contribution in [3.63, 3.8) is 0 Å². The molecule has 3 aromatic rings. The van der Waals surface area contributed by atoms with Crippen molar-refractivity contribution in [1.82, 2.24) is 19.5 Å². The summed E-state index contributed by atoms with van der Waals surface area (Å²) in [5, 5.41) is 23.4. The third kappa shape index (κ3) is 3.32. The summed E-state index contributed by atoms with van der Waals surface area (Å²) in [4.78, 5) is 13.3. The van der Waals surface area contributed by atoms with E-state index in [9.17, 15) is 10.2 Å². The summed E-state index contributed by atoms with van der Waals surface area (Å²) in [5.41, 5.74) is 3.65. The van der Waals surface area contributed by atoms with Crippen LogP contribution in [0.4, 0.5) is 5.82 Å². The molecule has 3 N–H and O–H groups in total. The highest BCUT2D eigenvalue weighted by Crippen LogP contribution is 2.37. The molecule has 164 valence electrons. The van der Waals surface area contributed by atoms with Crippen molar-refractivity contribution in [2.24, 2.45) is 0 Å². The predicted molar refractivity (Wildman–Crippen MR) is 111 cm³/mol. The summed E-state index contributed by atoms with van der Waals surface area (Å²) in [5.74, 6) is 1.49. The largest absolute Gasteiger partial charge is 0.497 e. The Morgan fingerprint density at radius 3 is 2.90 bits per heavy atom. The van der Waals surface area contributed by atoms with E-state index in [-0.39, 0.29) is 12.6 Å². The van der Waals surface area contributed by atoms with Gasteiger partial charge in [0, 0.05) is 7.11 Å². The third-order valence-corrected chi connectivity index (χ3v) is 6.14. The van der Waals surface area contributed by atoms with Crippen LogP contribution >= 0.6 is 0 Å². The van der Waals surface area contributed by atoms with Crippen LogP contribution in [0, 0.1) is 0 Å². The van der Waals surface area contributed by atoms with Gasteiger partial charge in [0.05, 0.1) is 26.1 Å². The summed E-state index contributed by atoms with van der Waals surface area (Å²) in [7, 11) is 3.17. The molecule has 1 fully saturated rings. The first-order valence-electron chi connectivity index (χ1n) is 10.2. The van der Waals surface area contributed by atoms with Crippen LogP contribution in [-0.4, -0.2) is 68.9 Å². The second-order valence-corrected chi connectivity index (χ2v) is 7.79. The zero-order valence-corrected chi connectivity index (χ0v) is 17.3. The van der Waals surface area contributed by atoms with Gasteiger partial charge in [-0.25, -0.2) is 15.0 Å². The Bertz CT molecular complexity index is 1090. The van der Waals surface area contributed by atoms with Crippen LogP contribution in [0.5, 0.6) is 5.75 Å². The van der Waals surface area contributed by atoms with Crippen LogP contribution in [0.25, 0.3) is 11.2 Å². The number of aromatic nitrogens is 4. The minimum Gasteiger partial charge on any atom is -0.497 e. The van der Waals surface area contributed by atoms with Crippen molar-refractivity contribution >= 4 is 17.0 Å². The number of nitrogens with zero attached hydrogens (tertiary/aromatic N) is 4. The van der Waals surface area contributed by atoms with Gasteiger partial charge in [0.15, 0.2) is 23.2 Å². The van der Waals surface area contributed by atoms with Crippen LogP contribution in [-0.2, 0) is 15.9 Å². The van der Waals surface area contributed by atoms with Crippen LogP contribution < -0.4 is 10.1 Å². The average molecular weight is 427 g/mol. The molecule has 1 saturated heterocycles. The molecule has 0 bridgehead atoms. The number of methoxy groups -OCH3 is 2. The highest BCUT2D eigenvalue weighted by molar-refractivity contribution is 5.83. The maximum Gasteiger partial charge on any atom is 0.167 e. The molecule has 5 rings (SSSR count). The normalized spacial score (nSPS) is 27.5. The molecule has 10 nitrogen and oxygen atoms in total. The van der Waals surface area contributed by atoms with Crippen molar-refractivity contribution in [3.05, 3.63) is 42.0 Å². The SMILES string of the molecule is COc1ccc2c(c1)CCC2Nc1ncnc2c1ncn2[C@@H]1O[C@H](CO)C(O)C1OC. The van der Waals surface area contributed by atoms with Gasteiger partial charge in [-0.2, -0.15) is 0 Å². The lowest BCUT2D eigenvalue weighted by Gasteiger charge is -2.20. The Hall–Kier alpha value is -2.79. The van der Waals surface area contributed by atoms with Gasteiger partial charge in [0.2, 0.25) is 0 Å². The standard InChI is InChI=1S/C21H25N5O5/c1-29-12-4-5-13-11(7-12)3-6-14(13)25-19-16-20(23-9-22-19)26(10-24-16)21-18(30-2)17(28)15(8-27)31-21/h4-5,7,9-10,14-15,17-18,21,27-28H,3,6,8H2,1-2H3,(H,22,23,25)/t14?,15-,17?,18?,21-/m1/s1. The fourth-order valence-corrected chi connectivity index (χ4v) is 4.53. The predicted octanol–water partition coefficient (Wildman–Crippen LogP) is 1.20. The molecule has 5 atom stereocenters. The van der Waals surface area contributed by atoms with E-state index in [4.69, 9.17) is 14.2 Å². The molecular weight excluding hydrogens is 402 g/mol. The van der Waals surface area contributed by atoms with Gasteiger partial charge in [-0.05, 0) is 36.1 Å². The summed E-state index contributed by atoms with van der Waals surface area (Å²) in [6.45, 7) is -0.308. The van der Waals surface area contributed by atoms with E-state index in [1.165, 1.54) is 24.6 Å². The van der Waals surface area contributed by atoms with Gasteiger partial charge in [-0.1, -0.05) is 6.07 Å². The Morgan fingerprint density at radius 2 is 2.13 bits per heavy atom. The lowest BCUT2D eigenvalue weighted by Crippen LogP contribution is -2.34. The lowest BCUT2D eigenvalue weighted by molar-refractivity contribution is -0.0583. The number of hydrogen-bond acceptors (Lipinski definition) is 9. The van der Waals surface area contributed by atoms with E-state index in [1.54, 1.807) is 18.0 Å². The molecule has 0 amide bonds. The summed E-state index contributed by atoms with van der Waals surface area (Å²) >= 11 is 0. The quantitative estimate of drug-likeness (QED) is 0.532. The second-order valence-electron chi connectivity index (χ2n) is 7.79. The van der Waals surface area contributed by atoms with Gasteiger partial charge in [0.25, 0.3) is 0 Å². The van der Waals surface area contributed by atoms with Crippen LogP contribution in [0.15, 0.2) is 30.9 Å². The van der Waals surface area contributed by atoms with Crippen molar-refractivity contribution in [2.45, 2.75) is 43.4 Å². The van der Waals surface area contributed by atoms with Crippen molar-refractivity contribution in [2.75, 3.05) is 26.1 Å². The molecule has 3 unspecified atom stereocenters. The minimum absolute atomic E-state index is 0.110. The summed E-state index contributed by atoms with van der Waals surface area (Å²) in [6.07, 6.45) is 1.96. The van der Waals surface area contributed by atoms with E-state index >= 15 is 0 Å². The third-order valence-electron chi connectivity index (χ3n) is 6.14. The summed E-state index contributed by atoms with van der Waals surface area (Å²) < 4.78 is 18.3. The Labute approximate surface area is 178 Å². The van der Waals surface area contributed by atoms with Crippen LogP contribution in [0.2, 0.25) is 0 Å². The number of aliphatic hydroxyl groups is 2. The number of imidazole rings is 1. The lowest BCUT2D eigenvalue weighted by atomic mass is 10.1. The van der Waals surface area contributed by atoms with Crippen molar-refractivity contribution in [3.8, 4) is 5.75 Å². The number of aliphatic hydroxyl groups excluding tert-OH is 2. The van der Waals surface area contributed by atoms with E-state index in [0.29, 0.717) is 17.0 Å². The maximum atomic E-state index is 10.4. The smallest absolute Gasteiger partial charge is 0.167 e. The number of hydrogen-bond donors (Lipinski definition) is 3. The molecule has 2 aromatic heterocycles. The van der Waals surface area contributed by atoms with Crippen LogP contribution in [0.3, 0.4) is 0 Å². The Balaban J connectivity index is 1.45. The van der Waals surface area contributed by atoms with E-state index in [1.807, 2.05) is 6.07 Å². The molecule has 1 aliphatic heterocycles. The molecule has 3 heterocycles. The topological polar surface area (TPSA) is 124 Å². The molecular formula is C21H25N5O5. The number of fused-ring (bicyclic) bond motifs is 2. The second kappa shape index (κ2) is 8.04. The van der Waals surface area contributed by atoms with Crippen LogP contribution in [0.1, 0.15) is 29.8 Å². The average Bonchev–Trinajstić information content (AvgIpc) is 3.48. The molecule has 0 radical (unpaired) electrons. The van der Waals surface area contributed by atoms with Gasteiger partial charge >= 0.3 is 0 Å². The Morgan fingerprint density at radius 1 is 1.26 bits per heavy atom. The number of rotatable bonds is 6. The van der Waals surface area contributed by atoms with Gasteiger partial charge in [-0.3, -0.25) is 4.57 Å². The molecule has 1 aliphatic carbocycles. The molecule has 10 heteroatoms. The van der Waals surface area contributed by atoms with E-state index in [2.05, 4.69) is 32.4 Å². The first-order chi connectivity index (χ1) is 15.1. The molecule has 0 saturated carbocycles. The van der Waals surface area contributed by atoms with Gasteiger partial charge < -0.3 is 29.7 Å². The van der Waals surface area contributed by atoms with Gasteiger partial charge in [0.1, 0.15) is 30.4 Å². The highest BCUT2D eigenvalue weighted by Gasteiger charge is 2.45. The zero-order chi connectivity index (χ0) is 21.5. The minimum atomic E-state index is -0.955. The molecule has 2 aliphatic rings. The number of benzene rings is 1. The molecule has 31 heavy (non-hydrogen) atoms. The zero-order valence-electron chi connectivity index (χ0n) is 17.3. The molecule has 1 aromatic carbocycles. The number of ether oxygens (including phenoxy) is 3. The fraction of sp³-hybridized carbons (Fsp3) is 0.476. The van der Waals surface area contributed by atoms with E-state index < -0.39 is 24.5 Å². The first kappa shape index (κ1) is 20.1. The Kier molecular flexibility index (Phi) is 5.22. The summed E-state index contributed by atoms with van der Waals surface area (Å²) in [6, 6.07) is 6.24. The number of aryl methyl sites for hydroxylation is 1. The van der Waals surface area contributed by atoms with Crippen molar-refractivity contribution < 1.29 is 24.4 Å².